The van der Waals surface area contributed by atoms with Gasteiger partial charge >= 0.3 is 5.97 Å². The van der Waals surface area contributed by atoms with Crippen molar-refractivity contribution in [2.75, 3.05) is 5.32 Å². The molecule has 1 saturated carbocycles. The number of nitrogens with one attached hydrogen (secondary N) is 1. The fraction of sp³-hybridized carbons (Fsp3) is 0.385. The Morgan fingerprint density at radius 3 is 2.63 bits per heavy atom. The molecule has 1 fully saturated rings. The third kappa shape index (κ3) is 3.24. The molecule has 0 saturated heterocycles. The van der Waals surface area contributed by atoms with E-state index in [-0.39, 0.29) is 23.6 Å². The molecule has 0 heterocycles. The molecule has 1 amide bonds. The SMILES string of the molecule is NC1(CC(=O)Nc2ccc(Cl)cc2C(=O)O)CCC1. The lowest BCUT2D eigenvalue weighted by molar-refractivity contribution is -0.118. The smallest absolute Gasteiger partial charge is 0.337 e. The van der Waals surface area contributed by atoms with Crippen molar-refractivity contribution in [3.63, 3.8) is 0 Å². The van der Waals surface area contributed by atoms with Crippen LogP contribution in [-0.4, -0.2) is 22.5 Å². The van der Waals surface area contributed by atoms with Crippen molar-refractivity contribution < 1.29 is 14.7 Å². The number of nitrogens with two attached hydrogens (primary N) is 1. The Morgan fingerprint density at radius 2 is 2.11 bits per heavy atom. The number of anilines is 1. The zero-order valence-corrected chi connectivity index (χ0v) is 11.0. The molecule has 0 bridgehead atoms. The van der Waals surface area contributed by atoms with Crippen molar-refractivity contribution in [2.45, 2.75) is 31.2 Å². The number of carbonyl (C=O) groups excluding carboxylic acids is 1. The first-order valence-electron chi connectivity index (χ1n) is 6.01. The van der Waals surface area contributed by atoms with Crippen LogP contribution in [0.1, 0.15) is 36.0 Å². The number of carboxylic acid groups (broad SMARTS) is 1. The predicted molar refractivity (Wildman–Crippen MR) is 72.4 cm³/mol. The predicted octanol–water partition coefficient (Wildman–Crippen LogP) is 2.25. The second kappa shape index (κ2) is 5.19. The number of carboxylic acids is 1. The summed E-state index contributed by atoms with van der Waals surface area (Å²) in [5, 5.41) is 12.0. The lowest BCUT2D eigenvalue weighted by Gasteiger charge is -2.37. The maximum atomic E-state index is 11.9. The third-order valence-corrected chi connectivity index (χ3v) is 3.58. The van der Waals surface area contributed by atoms with Crippen LogP contribution in [-0.2, 0) is 4.79 Å². The van der Waals surface area contributed by atoms with Gasteiger partial charge in [0, 0.05) is 17.0 Å². The van der Waals surface area contributed by atoms with Gasteiger partial charge < -0.3 is 16.2 Å². The average Bonchev–Trinajstić information content (AvgIpc) is 2.29. The van der Waals surface area contributed by atoms with Gasteiger partial charge in [-0.25, -0.2) is 4.79 Å². The van der Waals surface area contributed by atoms with E-state index in [9.17, 15) is 9.59 Å². The van der Waals surface area contributed by atoms with Gasteiger partial charge in [-0.2, -0.15) is 0 Å². The molecule has 0 unspecified atom stereocenters. The Balaban J connectivity index is 2.10. The van der Waals surface area contributed by atoms with Crippen LogP contribution in [0.15, 0.2) is 18.2 Å². The first-order valence-corrected chi connectivity index (χ1v) is 6.39. The molecule has 2 rings (SSSR count). The van der Waals surface area contributed by atoms with E-state index in [0.717, 1.165) is 19.3 Å². The van der Waals surface area contributed by atoms with Gasteiger partial charge in [-0.15, -0.1) is 0 Å². The highest BCUT2D eigenvalue weighted by molar-refractivity contribution is 6.31. The highest BCUT2D eigenvalue weighted by atomic mass is 35.5. The quantitative estimate of drug-likeness (QED) is 0.790. The molecule has 19 heavy (non-hydrogen) atoms. The van der Waals surface area contributed by atoms with Crippen LogP contribution in [0.5, 0.6) is 0 Å². The minimum absolute atomic E-state index is 0.0273. The topological polar surface area (TPSA) is 92.4 Å². The van der Waals surface area contributed by atoms with Crippen LogP contribution in [0.4, 0.5) is 5.69 Å². The second-order valence-corrected chi connectivity index (χ2v) is 5.37. The van der Waals surface area contributed by atoms with E-state index in [1.807, 2.05) is 0 Å². The standard InChI is InChI=1S/C13H15ClN2O3/c14-8-2-3-10(9(6-8)12(18)19)16-11(17)7-13(15)4-1-5-13/h2-3,6H,1,4-5,7,15H2,(H,16,17)(H,18,19). The van der Waals surface area contributed by atoms with Crippen LogP contribution in [0.2, 0.25) is 5.02 Å². The minimum atomic E-state index is -1.14. The van der Waals surface area contributed by atoms with Crippen LogP contribution < -0.4 is 11.1 Å². The van der Waals surface area contributed by atoms with Crippen molar-refractivity contribution in [3.05, 3.63) is 28.8 Å². The fourth-order valence-electron chi connectivity index (χ4n) is 2.12. The molecule has 0 spiro atoms. The van der Waals surface area contributed by atoms with E-state index in [0.29, 0.717) is 5.02 Å². The molecular formula is C13H15ClN2O3. The highest BCUT2D eigenvalue weighted by Gasteiger charge is 2.34. The summed E-state index contributed by atoms with van der Waals surface area (Å²) in [7, 11) is 0. The van der Waals surface area contributed by atoms with Gasteiger partial charge in [0.1, 0.15) is 0 Å². The Hall–Kier alpha value is -1.59. The molecule has 1 aromatic rings. The summed E-state index contributed by atoms with van der Waals surface area (Å²) < 4.78 is 0. The van der Waals surface area contributed by atoms with Gasteiger partial charge in [0.2, 0.25) is 5.91 Å². The first kappa shape index (κ1) is 13.8. The minimum Gasteiger partial charge on any atom is -0.478 e. The monoisotopic (exact) mass is 282 g/mol. The summed E-state index contributed by atoms with van der Waals surface area (Å²) in [5.41, 5.74) is 5.76. The van der Waals surface area contributed by atoms with Crippen molar-refractivity contribution in [2.24, 2.45) is 5.73 Å². The van der Waals surface area contributed by atoms with Crippen LogP contribution in [0.25, 0.3) is 0 Å². The van der Waals surface area contributed by atoms with Crippen molar-refractivity contribution >= 4 is 29.2 Å². The summed E-state index contributed by atoms with van der Waals surface area (Å²) in [6.45, 7) is 0. The van der Waals surface area contributed by atoms with Crippen LogP contribution in [0.3, 0.4) is 0 Å². The van der Waals surface area contributed by atoms with Crippen molar-refractivity contribution in [1.82, 2.24) is 0 Å². The molecular weight excluding hydrogens is 268 g/mol. The van der Waals surface area contributed by atoms with E-state index in [1.54, 1.807) is 0 Å². The molecule has 102 valence electrons. The van der Waals surface area contributed by atoms with Crippen LogP contribution >= 0.6 is 11.6 Å². The largest absolute Gasteiger partial charge is 0.478 e. The van der Waals surface area contributed by atoms with E-state index >= 15 is 0 Å². The number of carbonyl (C=O) groups is 2. The number of halogens is 1. The Labute approximate surface area is 115 Å². The third-order valence-electron chi connectivity index (χ3n) is 3.35. The molecule has 0 aromatic heterocycles. The number of rotatable bonds is 4. The first-order chi connectivity index (χ1) is 8.89. The highest BCUT2D eigenvalue weighted by Crippen LogP contribution is 2.32. The average molecular weight is 283 g/mol. The van der Waals surface area contributed by atoms with Crippen molar-refractivity contribution in [3.8, 4) is 0 Å². The molecule has 1 aliphatic rings. The molecule has 1 aliphatic carbocycles. The lowest BCUT2D eigenvalue weighted by atomic mass is 9.75. The Kier molecular flexibility index (Phi) is 3.78. The number of benzene rings is 1. The summed E-state index contributed by atoms with van der Waals surface area (Å²) in [5.74, 6) is -1.41. The van der Waals surface area contributed by atoms with Crippen LogP contribution in [0, 0.1) is 0 Å². The van der Waals surface area contributed by atoms with E-state index in [1.165, 1.54) is 18.2 Å². The molecule has 5 nitrogen and oxygen atoms in total. The fourth-order valence-corrected chi connectivity index (χ4v) is 2.30. The van der Waals surface area contributed by atoms with Gasteiger partial charge in [-0.05, 0) is 37.5 Å². The summed E-state index contributed by atoms with van der Waals surface area (Å²) in [6, 6.07) is 4.32. The molecule has 0 aliphatic heterocycles. The number of aromatic carboxylic acids is 1. The van der Waals surface area contributed by atoms with E-state index in [4.69, 9.17) is 22.4 Å². The Morgan fingerprint density at radius 1 is 1.42 bits per heavy atom. The molecule has 0 atom stereocenters. The van der Waals surface area contributed by atoms with E-state index < -0.39 is 11.5 Å². The number of amides is 1. The van der Waals surface area contributed by atoms with Crippen molar-refractivity contribution in [1.29, 1.82) is 0 Å². The molecule has 1 aromatic carbocycles. The normalized spacial score (nSPS) is 16.5. The summed E-state index contributed by atoms with van der Waals surface area (Å²) in [6.07, 6.45) is 2.89. The maximum absolute atomic E-state index is 11.9. The van der Waals surface area contributed by atoms with Gasteiger partial charge in [0.05, 0.1) is 11.3 Å². The summed E-state index contributed by atoms with van der Waals surface area (Å²) >= 11 is 5.74. The lowest BCUT2D eigenvalue weighted by Crippen LogP contribution is -2.49. The number of hydrogen-bond donors (Lipinski definition) is 3. The van der Waals surface area contributed by atoms with Gasteiger partial charge in [0.15, 0.2) is 0 Å². The van der Waals surface area contributed by atoms with E-state index in [2.05, 4.69) is 5.32 Å². The second-order valence-electron chi connectivity index (χ2n) is 4.94. The molecule has 6 heteroatoms. The number of hydrogen-bond acceptors (Lipinski definition) is 3. The Bertz CT molecular complexity index is 527. The zero-order valence-electron chi connectivity index (χ0n) is 10.3. The molecule has 0 radical (unpaired) electrons. The van der Waals surface area contributed by atoms with Gasteiger partial charge in [-0.1, -0.05) is 11.6 Å². The van der Waals surface area contributed by atoms with Gasteiger partial charge in [-0.3, -0.25) is 4.79 Å². The molecule has 4 N–H and O–H groups in total. The maximum Gasteiger partial charge on any atom is 0.337 e. The summed E-state index contributed by atoms with van der Waals surface area (Å²) in [4.78, 5) is 22.9. The zero-order chi connectivity index (χ0) is 14.0. The van der Waals surface area contributed by atoms with Gasteiger partial charge in [0.25, 0.3) is 0 Å².